The van der Waals surface area contributed by atoms with E-state index < -0.39 is 145 Å². The number of phenols is 1. The quantitative estimate of drug-likeness (QED) is 0.0420. The largest absolute Gasteiger partial charge is 0.508 e. The van der Waals surface area contributed by atoms with E-state index in [4.69, 9.17) is 10.8 Å². The number of aromatic hydroxyl groups is 1. The van der Waals surface area contributed by atoms with E-state index in [9.17, 15) is 68.1 Å². The Bertz CT molecular complexity index is 2290. The third kappa shape index (κ3) is 19.4. The van der Waals surface area contributed by atoms with Gasteiger partial charge in [0.2, 0.25) is 47.3 Å². The molecule has 1 aliphatic rings. The number of phenolic OH excluding ortho intramolecular Hbond substituents is 1. The average molecular weight is 1040 g/mol. The number of carbonyl (C=O) groups is 11. The smallest absolute Gasteiger partial charge is 0.326 e. The van der Waals surface area contributed by atoms with Gasteiger partial charge >= 0.3 is 17.9 Å². The number of hydrogen-bond donors (Lipinski definition) is 13. The normalized spacial score (nSPS) is 16.5. The number of rotatable bonds is 30. The summed E-state index contributed by atoms with van der Waals surface area (Å²) in [4.78, 5) is 152. The second-order valence-corrected chi connectivity index (χ2v) is 19.1. The van der Waals surface area contributed by atoms with Crippen LogP contribution in [-0.2, 0) is 65.6 Å². The zero-order valence-corrected chi connectivity index (χ0v) is 42.3. The summed E-state index contributed by atoms with van der Waals surface area (Å²) in [6, 6.07) is -5.05. The summed E-state index contributed by atoms with van der Waals surface area (Å²) in [6.45, 7) is 9.38. The molecule has 0 aliphatic carbocycles. The number of nitrogens with zero attached hydrogens (tertiary/aromatic N) is 2. The molecular weight excluding hydrogens is 971 g/mol. The van der Waals surface area contributed by atoms with Crippen molar-refractivity contribution in [2.24, 2.45) is 23.5 Å². The van der Waals surface area contributed by atoms with E-state index in [1.54, 1.807) is 41.5 Å². The van der Waals surface area contributed by atoms with Crippen molar-refractivity contribution in [1.82, 2.24) is 52.1 Å². The summed E-state index contributed by atoms with van der Waals surface area (Å²) < 4.78 is 0. The van der Waals surface area contributed by atoms with Crippen molar-refractivity contribution in [2.45, 2.75) is 148 Å². The number of aromatic nitrogens is 2. The van der Waals surface area contributed by atoms with Crippen LogP contribution in [0.25, 0.3) is 0 Å². The highest BCUT2D eigenvalue weighted by Crippen LogP contribution is 2.21. The summed E-state index contributed by atoms with van der Waals surface area (Å²) in [5.41, 5.74) is 6.73. The van der Waals surface area contributed by atoms with Crippen molar-refractivity contribution < 1.29 is 73.2 Å². The number of H-pyrrole nitrogens is 1. The molecule has 8 amide bonds. The molecule has 14 N–H and O–H groups in total. The van der Waals surface area contributed by atoms with Crippen molar-refractivity contribution in [3.63, 3.8) is 0 Å². The Morgan fingerprint density at radius 1 is 0.743 bits per heavy atom. The van der Waals surface area contributed by atoms with Crippen LogP contribution in [0.3, 0.4) is 0 Å². The van der Waals surface area contributed by atoms with Crippen molar-refractivity contribution in [2.75, 3.05) is 13.1 Å². The number of imidazole rings is 1. The Morgan fingerprint density at radius 3 is 1.95 bits per heavy atom. The highest BCUT2D eigenvalue weighted by molar-refractivity contribution is 5.98. The molecule has 3 rings (SSSR count). The fourth-order valence-electron chi connectivity index (χ4n) is 7.96. The van der Waals surface area contributed by atoms with Crippen LogP contribution in [0.2, 0.25) is 0 Å². The van der Waals surface area contributed by atoms with Crippen LogP contribution in [0.4, 0.5) is 0 Å². The number of aliphatic carboxylic acids is 3. The number of amides is 8. The number of hydrogen-bond acceptors (Lipinski definition) is 14. The molecule has 9 atom stereocenters. The van der Waals surface area contributed by atoms with E-state index in [0.717, 1.165) is 4.90 Å². The second-order valence-electron chi connectivity index (χ2n) is 19.1. The predicted molar refractivity (Wildman–Crippen MR) is 262 cm³/mol. The molecule has 0 unspecified atom stereocenters. The van der Waals surface area contributed by atoms with Crippen LogP contribution in [0, 0.1) is 17.8 Å². The van der Waals surface area contributed by atoms with Gasteiger partial charge in [0.1, 0.15) is 48.0 Å². The number of carboxylic acid groups (broad SMARTS) is 3. The van der Waals surface area contributed by atoms with Crippen LogP contribution >= 0.6 is 0 Å². The number of aromatic amines is 1. The standard InChI is InChI=1S/C48H71N11O15/c1-7-26(6)40(58-44(69)35-9-8-16-59(35)47(72)33(20-38(64)65)55-46(71)39(25(4)5)57-41(66)30(49)14-15-37(62)63)45(70)51-22-36(61)53-32(19-28-21-50-23-52-28)43(68)54-31(17-24(2)3)42(67)56-34(48(73)74)18-27-10-12-29(60)13-11-27/h10-13,21,23-26,30-35,39-40,60H,7-9,14-20,22,49H2,1-6H3,(H,50,52)(H,51,70)(H,53,61)(H,54,68)(H,55,71)(H,56,67)(H,57,66)(H,58,69)(H,62,63)(H,64,65)(H,73,74)/t26-,30-,31-,32-,33-,34-,35-,39-,40-/m0/s1. The van der Waals surface area contributed by atoms with Gasteiger partial charge in [-0.05, 0) is 61.1 Å². The van der Waals surface area contributed by atoms with Crippen LogP contribution in [0.15, 0.2) is 36.8 Å². The van der Waals surface area contributed by atoms with Gasteiger partial charge < -0.3 is 73.3 Å². The fourth-order valence-corrected chi connectivity index (χ4v) is 7.96. The lowest BCUT2D eigenvalue weighted by Crippen LogP contribution is -2.60. The lowest BCUT2D eigenvalue weighted by atomic mass is 9.97. The van der Waals surface area contributed by atoms with Crippen molar-refractivity contribution >= 4 is 65.2 Å². The fraction of sp³-hybridized carbons (Fsp3) is 0.583. The molecule has 0 bridgehead atoms. The van der Waals surface area contributed by atoms with Gasteiger partial charge in [-0.2, -0.15) is 0 Å². The molecule has 26 heteroatoms. The van der Waals surface area contributed by atoms with Crippen molar-refractivity contribution in [3.05, 3.63) is 48.0 Å². The summed E-state index contributed by atoms with van der Waals surface area (Å²) >= 11 is 0. The summed E-state index contributed by atoms with van der Waals surface area (Å²) in [5, 5.41) is 55.8. The molecule has 408 valence electrons. The van der Waals surface area contributed by atoms with Crippen molar-refractivity contribution in [3.8, 4) is 5.75 Å². The Morgan fingerprint density at radius 2 is 1.38 bits per heavy atom. The van der Waals surface area contributed by atoms with Gasteiger partial charge in [-0.25, -0.2) is 9.78 Å². The lowest BCUT2D eigenvalue weighted by Gasteiger charge is -2.31. The molecule has 2 heterocycles. The number of nitrogens with two attached hydrogens (primary N) is 1. The molecule has 0 saturated carbocycles. The Balaban J connectivity index is 1.73. The van der Waals surface area contributed by atoms with E-state index in [2.05, 4.69) is 47.2 Å². The number of benzene rings is 1. The minimum atomic E-state index is -1.70. The first-order valence-electron chi connectivity index (χ1n) is 24.4. The Labute approximate surface area is 427 Å². The minimum absolute atomic E-state index is 0.0217. The van der Waals surface area contributed by atoms with E-state index in [0.29, 0.717) is 17.7 Å². The number of carboxylic acids is 3. The molecule has 1 aromatic heterocycles. The number of likely N-dealkylation sites (tertiary alicyclic amines) is 1. The lowest BCUT2D eigenvalue weighted by molar-refractivity contribution is -0.146. The van der Waals surface area contributed by atoms with Crippen LogP contribution in [0.5, 0.6) is 5.75 Å². The van der Waals surface area contributed by atoms with E-state index in [1.807, 2.05) is 0 Å². The number of carbonyl (C=O) groups excluding carboxylic acids is 8. The molecule has 26 nitrogen and oxygen atoms in total. The first-order chi connectivity index (χ1) is 34.8. The molecule has 1 saturated heterocycles. The molecule has 2 aromatic rings. The highest BCUT2D eigenvalue weighted by Gasteiger charge is 2.41. The van der Waals surface area contributed by atoms with Gasteiger partial charge in [-0.3, -0.25) is 47.9 Å². The molecule has 0 radical (unpaired) electrons. The highest BCUT2D eigenvalue weighted by atomic mass is 16.4. The van der Waals surface area contributed by atoms with Gasteiger partial charge in [-0.1, -0.05) is 60.1 Å². The third-order valence-electron chi connectivity index (χ3n) is 12.3. The van der Waals surface area contributed by atoms with E-state index in [-0.39, 0.29) is 56.7 Å². The van der Waals surface area contributed by atoms with Gasteiger partial charge in [0, 0.05) is 37.7 Å². The third-order valence-corrected chi connectivity index (χ3v) is 12.3. The van der Waals surface area contributed by atoms with Crippen molar-refractivity contribution in [1.29, 1.82) is 0 Å². The van der Waals surface area contributed by atoms with Gasteiger partial charge in [0.25, 0.3) is 0 Å². The van der Waals surface area contributed by atoms with Crippen LogP contribution in [0.1, 0.15) is 97.7 Å². The second kappa shape index (κ2) is 29.2. The molecule has 1 fully saturated rings. The topological polar surface area (TPSA) is 411 Å². The minimum Gasteiger partial charge on any atom is -0.508 e. The summed E-state index contributed by atoms with van der Waals surface area (Å²) in [7, 11) is 0. The van der Waals surface area contributed by atoms with E-state index >= 15 is 0 Å². The predicted octanol–water partition coefficient (Wildman–Crippen LogP) is -1.58. The van der Waals surface area contributed by atoms with Gasteiger partial charge in [-0.15, -0.1) is 0 Å². The Kier molecular flexibility index (Phi) is 23.9. The van der Waals surface area contributed by atoms with Crippen LogP contribution in [-0.4, -0.2) is 162 Å². The first kappa shape index (κ1) is 60.7. The number of nitrogens with one attached hydrogen (secondary N) is 8. The monoisotopic (exact) mass is 1040 g/mol. The maximum Gasteiger partial charge on any atom is 0.326 e. The summed E-state index contributed by atoms with van der Waals surface area (Å²) in [5.74, 6) is -12.1. The summed E-state index contributed by atoms with van der Waals surface area (Å²) in [6.07, 6.45) is 1.73. The zero-order chi connectivity index (χ0) is 55.4. The molecular formula is C48H71N11O15. The average Bonchev–Trinajstić information content (AvgIpc) is 4.05. The first-order valence-corrected chi connectivity index (χ1v) is 24.4. The van der Waals surface area contributed by atoms with Crippen LogP contribution < -0.4 is 43.0 Å². The molecule has 74 heavy (non-hydrogen) atoms. The maximum atomic E-state index is 14.0. The Hall–Kier alpha value is -7.64. The molecule has 0 spiro atoms. The molecule has 1 aromatic carbocycles. The zero-order valence-electron chi connectivity index (χ0n) is 42.3. The maximum absolute atomic E-state index is 14.0. The van der Waals surface area contributed by atoms with Gasteiger partial charge in [0.05, 0.1) is 25.3 Å². The van der Waals surface area contributed by atoms with Gasteiger partial charge in [0.15, 0.2) is 0 Å². The van der Waals surface area contributed by atoms with E-state index in [1.165, 1.54) is 36.8 Å². The SMILES string of the molecule is CC[C@H](C)[C@H](NC(=O)[C@@H]1CCCN1C(=O)[C@H](CC(=O)O)NC(=O)[C@@H](NC(=O)[C@@H](N)CCC(=O)O)C(C)C)C(=O)NCC(=O)N[C@@H](Cc1cnc[nH]1)C(=O)N[C@@H](CC(C)C)C(=O)N[C@@H](Cc1ccc(O)cc1)C(=O)O. The molecule has 1 aliphatic heterocycles.